The summed E-state index contributed by atoms with van der Waals surface area (Å²) in [6.07, 6.45) is 4.41. The Labute approximate surface area is 216 Å². The molecule has 37 heavy (non-hydrogen) atoms. The summed E-state index contributed by atoms with van der Waals surface area (Å²) in [5.41, 5.74) is 3.13. The van der Waals surface area contributed by atoms with E-state index in [9.17, 15) is 4.79 Å². The van der Waals surface area contributed by atoms with Crippen LogP contribution in [0.4, 0.5) is 16.3 Å². The molecule has 10 nitrogen and oxygen atoms in total. The standard InChI is InChI=1S/C27H32N6O4/c1-18-13-19(7-10-23(18)36-20-8-9-22-21(14-20)30-17-33(22)6)31-25-24(15-28-16-29-25)35-12-11-32(5)26(34)37-27(2,3)4/h7-10,13-17H,11-12H2,1-6H3,(H,28,29,31). The van der Waals surface area contributed by atoms with Crippen molar-refractivity contribution in [1.82, 2.24) is 24.4 Å². The fourth-order valence-electron chi connectivity index (χ4n) is 3.52. The molecule has 0 aliphatic heterocycles. The average molecular weight is 505 g/mol. The van der Waals surface area contributed by atoms with Gasteiger partial charge in [-0.15, -0.1) is 0 Å². The number of hydrogen-bond donors (Lipinski definition) is 1. The summed E-state index contributed by atoms with van der Waals surface area (Å²) in [5, 5.41) is 3.27. The van der Waals surface area contributed by atoms with E-state index < -0.39 is 11.7 Å². The highest BCUT2D eigenvalue weighted by Gasteiger charge is 2.19. The number of rotatable bonds is 8. The van der Waals surface area contributed by atoms with Gasteiger partial charge in [0.15, 0.2) is 11.6 Å². The Bertz CT molecular complexity index is 1400. The lowest BCUT2D eigenvalue weighted by Gasteiger charge is -2.24. The molecule has 10 heteroatoms. The van der Waals surface area contributed by atoms with Crippen molar-refractivity contribution in [2.24, 2.45) is 7.05 Å². The molecule has 4 rings (SSSR count). The number of carbonyl (C=O) groups is 1. The van der Waals surface area contributed by atoms with Gasteiger partial charge in [-0.3, -0.25) is 0 Å². The van der Waals surface area contributed by atoms with Crippen LogP contribution in [0.1, 0.15) is 26.3 Å². The van der Waals surface area contributed by atoms with Gasteiger partial charge in [0.05, 0.1) is 30.1 Å². The number of ether oxygens (including phenoxy) is 3. The van der Waals surface area contributed by atoms with Crippen LogP contribution in [-0.2, 0) is 11.8 Å². The predicted octanol–water partition coefficient (Wildman–Crippen LogP) is 5.45. The molecule has 0 saturated carbocycles. The minimum Gasteiger partial charge on any atom is -0.486 e. The van der Waals surface area contributed by atoms with Crippen LogP contribution >= 0.6 is 0 Å². The largest absolute Gasteiger partial charge is 0.486 e. The number of benzene rings is 2. The van der Waals surface area contributed by atoms with Gasteiger partial charge in [0.2, 0.25) is 0 Å². The number of nitrogens with one attached hydrogen (secondary N) is 1. The summed E-state index contributed by atoms with van der Waals surface area (Å²) < 4.78 is 19.3. The van der Waals surface area contributed by atoms with Crippen LogP contribution in [-0.4, -0.2) is 56.3 Å². The van der Waals surface area contributed by atoms with Gasteiger partial charge in [0.1, 0.15) is 30.0 Å². The summed E-state index contributed by atoms with van der Waals surface area (Å²) in [6.45, 7) is 8.06. The number of amides is 1. The Kier molecular flexibility index (Phi) is 7.47. The molecule has 194 valence electrons. The zero-order valence-corrected chi connectivity index (χ0v) is 22.0. The molecule has 4 aromatic rings. The molecule has 1 N–H and O–H groups in total. The average Bonchev–Trinajstić information content (AvgIpc) is 3.20. The van der Waals surface area contributed by atoms with Crippen molar-refractivity contribution in [2.45, 2.75) is 33.3 Å². The Hall–Kier alpha value is -4.34. The van der Waals surface area contributed by atoms with Gasteiger partial charge in [0.25, 0.3) is 0 Å². The van der Waals surface area contributed by atoms with E-state index >= 15 is 0 Å². The lowest BCUT2D eigenvalue weighted by Crippen LogP contribution is -2.36. The highest BCUT2D eigenvalue weighted by atomic mass is 16.6. The number of carbonyl (C=O) groups excluding carboxylic acids is 1. The van der Waals surface area contributed by atoms with E-state index in [0.717, 1.165) is 33.8 Å². The van der Waals surface area contributed by atoms with Crippen LogP contribution in [0.3, 0.4) is 0 Å². The van der Waals surface area contributed by atoms with Crippen molar-refractivity contribution in [2.75, 3.05) is 25.5 Å². The lowest BCUT2D eigenvalue weighted by molar-refractivity contribution is 0.0278. The summed E-state index contributed by atoms with van der Waals surface area (Å²) in [6, 6.07) is 11.6. The van der Waals surface area contributed by atoms with Crippen molar-refractivity contribution in [3.8, 4) is 17.2 Å². The molecule has 1 amide bonds. The number of aromatic nitrogens is 4. The van der Waals surface area contributed by atoms with Gasteiger partial charge in [-0.05, 0) is 63.6 Å². The van der Waals surface area contributed by atoms with Crippen LogP contribution in [0.2, 0.25) is 0 Å². The molecule has 0 saturated heterocycles. The summed E-state index contributed by atoms with van der Waals surface area (Å²) >= 11 is 0. The Balaban J connectivity index is 1.38. The van der Waals surface area contributed by atoms with E-state index in [1.54, 1.807) is 19.6 Å². The molecule has 0 aliphatic carbocycles. The lowest BCUT2D eigenvalue weighted by atomic mass is 10.2. The molecule has 2 aromatic carbocycles. The fraction of sp³-hybridized carbons (Fsp3) is 0.333. The highest BCUT2D eigenvalue weighted by molar-refractivity contribution is 5.77. The van der Waals surface area contributed by atoms with Gasteiger partial charge >= 0.3 is 6.09 Å². The van der Waals surface area contributed by atoms with E-state index in [2.05, 4.69) is 20.3 Å². The van der Waals surface area contributed by atoms with Crippen LogP contribution in [0, 0.1) is 6.92 Å². The predicted molar refractivity (Wildman–Crippen MR) is 142 cm³/mol. The topological polar surface area (TPSA) is 104 Å². The van der Waals surface area contributed by atoms with Crippen LogP contribution in [0.25, 0.3) is 11.0 Å². The zero-order chi connectivity index (χ0) is 26.6. The highest BCUT2D eigenvalue weighted by Crippen LogP contribution is 2.31. The third kappa shape index (κ3) is 6.66. The smallest absolute Gasteiger partial charge is 0.410 e. The van der Waals surface area contributed by atoms with Gasteiger partial charge in [-0.2, -0.15) is 0 Å². The molecule has 0 fully saturated rings. The van der Waals surface area contributed by atoms with Crippen molar-refractivity contribution < 1.29 is 19.0 Å². The molecule has 0 spiro atoms. The second kappa shape index (κ2) is 10.7. The van der Waals surface area contributed by atoms with Gasteiger partial charge in [0, 0.05) is 25.8 Å². The van der Waals surface area contributed by atoms with Crippen molar-refractivity contribution in [3.63, 3.8) is 0 Å². The van der Waals surface area contributed by atoms with Crippen molar-refractivity contribution in [1.29, 1.82) is 0 Å². The molecular formula is C27H32N6O4. The van der Waals surface area contributed by atoms with E-state index in [1.807, 2.05) is 75.7 Å². The first-order valence-electron chi connectivity index (χ1n) is 11.9. The minimum atomic E-state index is -0.554. The first-order chi connectivity index (χ1) is 17.6. The monoisotopic (exact) mass is 504 g/mol. The summed E-state index contributed by atoms with van der Waals surface area (Å²) in [7, 11) is 3.63. The second-order valence-electron chi connectivity index (χ2n) is 9.70. The van der Waals surface area contributed by atoms with Crippen LogP contribution in [0.15, 0.2) is 55.2 Å². The number of aryl methyl sites for hydroxylation is 2. The number of imidazole rings is 1. The molecule has 0 radical (unpaired) electrons. The first-order valence-corrected chi connectivity index (χ1v) is 11.9. The molecule has 0 aliphatic rings. The molecule has 2 aromatic heterocycles. The minimum absolute atomic E-state index is 0.254. The van der Waals surface area contributed by atoms with E-state index in [-0.39, 0.29) is 6.61 Å². The maximum atomic E-state index is 12.1. The molecular weight excluding hydrogens is 472 g/mol. The van der Waals surface area contributed by atoms with Gasteiger partial charge < -0.3 is 29.0 Å². The Morgan fingerprint density at radius 2 is 1.92 bits per heavy atom. The molecule has 0 atom stereocenters. The number of anilines is 2. The number of fused-ring (bicyclic) bond motifs is 1. The maximum Gasteiger partial charge on any atom is 0.410 e. The summed E-state index contributed by atoms with van der Waals surface area (Å²) in [4.78, 5) is 26.4. The third-order valence-electron chi connectivity index (χ3n) is 5.43. The van der Waals surface area contributed by atoms with Crippen molar-refractivity contribution in [3.05, 3.63) is 60.8 Å². The van der Waals surface area contributed by atoms with Crippen molar-refractivity contribution >= 4 is 28.6 Å². The molecule has 2 heterocycles. The maximum absolute atomic E-state index is 12.1. The third-order valence-corrected chi connectivity index (χ3v) is 5.43. The number of hydrogen-bond acceptors (Lipinski definition) is 8. The molecule has 0 bridgehead atoms. The summed E-state index contributed by atoms with van der Waals surface area (Å²) in [5.74, 6) is 2.45. The molecule has 0 unspecified atom stereocenters. The Morgan fingerprint density at radius 1 is 1.11 bits per heavy atom. The van der Waals surface area contributed by atoms with E-state index in [0.29, 0.717) is 18.1 Å². The van der Waals surface area contributed by atoms with Crippen LogP contribution in [0.5, 0.6) is 17.2 Å². The number of nitrogens with zero attached hydrogens (tertiary/aromatic N) is 5. The number of likely N-dealkylation sites (N-methyl/N-ethyl adjacent to an activating group) is 1. The zero-order valence-electron chi connectivity index (χ0n) is 22.0. The SMILES string of the molecule is Cc1cc(Nc2ncncc2OCCN(C)C(=O)OC(C)(C)C)ccc1Oc1ccc2c(c1)ncn2C. The van der Waals surface area contributed by atoms with Crippen LogP contribution < -0.4 is 14.8 Å². The fourth-order valence-corrected chi connectivity index (χ4v) is 3.52. The van der Waals surface area contributed by atoms with E-state index in [4.69, 9.17) is 14.2 Å². The van der Waals surface area contributed by atoms with Gasteiger partial charge in [-0.1, -0.05) is 0 Å². The quantitative estimate of drug-likeness (QED) is 0.338. The second-order valence-corrected chi connectivity index (χ2v) is 9.70. The normalized spacial score (nSPS) is 11.3. The van der Waals surface area contributed by atoms with Gasteiger partial charge in [-0.25, -0.2) is 19.7 Å². The Morgan fingerprint density at radius 3 is 2.68 bits per heavy atom. The van der Waals surface area contributed by atoms with E-state index in [1.165, 1.54) is 11.2 Å². The first kappa shape index (κ1) is 25.7.